The first-order valence-corrected chi connectivity index (χ1v) is 5.38. The molecular formula is C9H8ClN5O2. The molecule has 0 radical (unpaired) electrons. The summed E-state index contributed by atoms with van der Waals surface area (Å²) in [6.45, 7) is 0.189. The lowest BCUT2D eigenvalue weighted by Crippen LogP contribution is -2.27. The summed E-state index contributed by atoms with van der Waals surface area (Å²) in [6, 6.07) is 0. The van der Waals surface area contributed by atoms with E-state index in [1.165, 1.54) is 11.1 Å². The Bertz CT molecular complexity index is 598. The smallest absolute Gasteiger partial charge is 0.235 e. The van der Waals surface area contributed by atoms with Gasteiger partial charge in [0.25, 0.3) is 0 Å². The molecule has 3 heterocycles. The van der Waals surface area contributed by atoms with Crippen molar-refractivity contribution < 1.29 is 9.90 Å². The molecule has 7 nitrogen and oxygen atoms in total. The van der Waals surface area contributed by atoms with Crippen LogP contribution in [0.3, 0.4) is 0 Å². The molecule has 2 aromatic rings. The summed E-state index contributed by atoms with van der Waals surface area (Å²) in [5.41, 5.74) is 0.467. The molecule has 1 unspecified atom stereocenters. The number of aromatic nitrogens is 4. The zero-order valence-corrected chi connectivity index (χ0v) is 9.35. The maximum absolute atomic E-state index is 11.6. The van der Waals surface area contributed by atoms with Crippen molar-refractivity contribution in [1.29, 1.82) is 0 Å². The fourth-order valence-corrected chi connectivity index (χ4v) is 2.01. The van der Waals surface area contributed by atoms with Gasteiger partial charge in [-0.2, -0.15) is 15.1 Å². The molecule has 2 N–H and O–H groups in total. The van der Waals surface area contributed by atoms with Gasteiger partial charge in [-0.15, -0.1) is 0 Å². The molecule has 1 aliphatic rings. The van der Waals surface area contributed by atoms with E-state index >= 15 is 0 Å². The Labute approximate surface area is 100 Å². The molecule has 17 heavy (non-hydrogen) atoms. The number of aliphatic hydroxyl groups is 1. The largest absolute Gasteiger partial charge is 0.391 e. The Morgan fingerprint density at radius 2 is 2.35 bits per heavy atom. The Morgan fingerprint density at radius 1 is 1.53 bits per heavy atom. The second-order valence-electron chi connectivity index (χ2n) is 3.81. The molecule has 0 bridgehead atoms. The Balaban J connectivity index is 2.08. The number of hydrogen-bond acceptors (Lipinski definition) is 5. The third kappa shape index (κ3) is 1.63. The van der Waals surface area contributed by atoms with Crippen molar-refractivity contribution in [2.45, 2.75) is 12.5 Å². The first-order valence-electron chi connectivity index (χ1n) is 5.00. The van der Waals surface area contributed by atoms with Gasteiger partial charge in [-0.25, -0.2) is 0 Å². The highest BCUT2D eigenvalue weighted by Gasteiger charge is 2.31. The predicted molar refractivity (Wildman–Crippen MR) is 59.7 cm³/mol. The van der Waals surface area contributed by atoms with E-state index in [1.807, 2.05) is 0 Å². The van der Waals surface area contributed by atoms with Crippen molar-refractivity contribution in [1.82, 2.24) is 20.2 Å². The van der Waals surface area contributed by atoms with Crippen LogP contribution in [0, 0.1) is 0 Å². The molecule has 3 rings (SSSR count). The topological polar surface area (TPSA) is 95.0 Å². The van der Waals surface area contributed by atoms with Gasteiger partial charge in [-0.3, -0.25) is 14.8 Å². The van der Waals surface area contributed by atoms with E-state index in [4.69, 9.17) is 11.6 Å². The number of hydrogen-bond donors (Lipinski definition) is 2. The maximum atomic E-state index is 11.6. The van der Waals surface area contributed by atoms with Crippen molar-refractivity contribution >= 4 is 34.5 Å². The molecule has 0 aromatic carbocycles. The van der Waals surface area contributed by atoms with Crippen molar-refractivity contribution in [3.63, 3.8) is 0 Å². The molecule has 1 atom stereocenters. The minimum absolute atomic E-state index is 0.0853. The van der Waals surface area contributed by atoms with E-state index in [0.29, 0.717) is 11.0 Å². The number of aromatic amines is 1. The van der Waals surface area contributed by atoms with Crippen LogP contribution in [-0.4, -0.2) is 43.8 Å². The fraction of sp³-hybridized carbons (Fsp3) is 0.333. The molecule has 1 saturated heterocycles. The summed E-state index contributed by atoms with van der Waals surface area (Å²) < 4.78 is 0. The van der Waals surface area contributed by atoms with Crippen LogP contribution in [-0.2, 0) is 4.79 Å². The van der Waals surface area contributed by atoms with Gasteiger partial charge in [0.05, 0.1) is 30.7 Å². The van der Waals surface area contributed by atoms with Gasteiger partial charge in [-0.1, -0.05) is 11.6 Å². The third-order valence-corrected chi connectivity index (χ3v) is 2.89. The van der Waals surface area contributed by atoms with E-state index < -0.39 is 6.10 Å². The number of β-amino-alcohol motifs (C(OH)–C–C–N with tert-alkyl or cyclic N) is 1. The number of carbonyl (C=O) groups is 1. The molecule has 8 heteroatoms. The number of H-pyrrole nitrogens is 1. The van der Waals surface area contributed by atoms with Crippen molar-refractivity contribution in [3.8, 4) is 0 Å². The highest BCUT2D eigenvalue weighted by atomic mass is 35.5. The second kappa shape index (κ2) is 3.64. The molecule has 0 spiro atoms. The summed E-state index contributed by atoms with van der Waals surface area (Å²) in [4.78, 5) is 21.1. The van der Waals surface area contributed by atoms with Crippen LogP contribution in [0.4, 0.5) is 5.95 Å². The minimum Gasteiger partial charge on any atom is -0.391 e. The quantitative estimate of drug-likeness (QED) is 0.703. The summed E-state index contributed by atoms with van der Waals surface area (Å²) >= 11 is 5.95. The first-order chi connectivity index (χ1) is 8.15. The Morgan fingerprint density at radius 3 is 3.06 bits per heavy atom. The highest BCUT2D eigenvalue weighted by Crippen LogP contribution is 2.24. The van der Waals surface area contributed by atoms with Gasteiger partial charge in [0.2, 0.25) is 11.9 Å². The second-order valence-corrected chi connectivity index (χ2v) is 4.17. The van der Waals surface area contributed by atoms with E-state index in [0.717, 1.165) is 0 Å². The summed E-state index contributed by atoms with van der Waals surface area (Å²) in [6.07, 6.45) is 0.923. The molecular weight excluding hydrogens is 246 g/mol. The number of anilines is 1. The Hall–Kier alpha value is -1.73. The number of aliphatic hydroxyl groups excluding tert-OH is 1. The summed E-state index contributed by atoms with van der Waals surface area (Å²) in [5, 5.41) is 16.7. The zero-order valence-electron chi connectivity index (χ0n) is 8.59. The van der Waals surface area contributed by atoms with E-state index in [2.05, 4.69) is 20.2 Å². The number of nitrogens with one attached hydrogen (secondary N) is 1. The monoisotopic (exact) mass is 253 g/mol. The van der Waals surface area contributed by atoms with Gasteiger partial charge in [0.1, 0.15) is 5.15 Å². The fourth-order valence-electron chi connectivity index (χ4n) is 1.79. The molecule has 1 amide bonds. The summed E-state index contributed by atoms with van der Waals surface area (Å²) in [5.74, 6) is -0.0271. The van der Waals surface area contributed by atoms with Crippen LogP contribution in [0.25, 0.3) is 11.0 Å². The van der Waals surface area contributed by atoms with Gasteiger partial charge < -0.3 is 5.11 Å². The molecule has 2 aromatic heterocycles. The molecule has 1 fully saturated rings. The van der Waals surface area contributed by atoms with Crippen molar-refractivity contribution in [2.75, 3.05) is 11.4 Å². The number of carbonyl (C=O) groups excluding carboxylic acids is 1. The first kappa shape index (κ1) is 10.4. The van der Waals surface area contributed by atoms with Crippen LogP contribution in [0.15, 0.2) is 6.20 Å². The van der Waals surface area contributed by atoms with Crippen LogP contribution >= 0.6 is 11.6 Å². The molecule has 0 saturated carbocycles. The lowest BCUT2D eigenvalue weighted by molar-refractivity contribution is -0.117. The number of halogens is 1. The standard InChI is InChI=1S/C9H8ClN5O2/c10-7-5-2-11-14-8(5)13-9(12-7)15-3-4(16)1-6(15)17/h2,4,16H,1,3H2,(H,11,12,13,14). The zero-order chi connectivity index (χ0) is 12.0. The average molecular weight is 254 g/mol. The minimum atomic E-state index is -0.678. The average Bonchev–Trinajstić information content (AvgIpc) is 2.84. The SMILES string of the molecule is O=C1CC(O)CN1c1nc(Cl)c2cn[nH]c2n1. The van der Waals surface area contributed by atoms with Gasteiger partial charge in [0.15, 0.2) is 5.65 Å². The van der Waals surface area contributed by atoms with Crippen LogP contribution in [0.5, 0.6) is 0 Å². The highest BCUT2D eigenvalue weighted by molar-refractivity contribution is 6.34. The van der Waals surface area contributed by atoms with Gasteiger partial charge >= 0.3 is 0 Å². The summed E-state index contributed by atoms with van der Waals surface area (Å²) in [7, 11) is 0. The van der Waals surface area contributed by atoms with Gasteiger partial charge in [-0.05, 0) is 0 Å². The third-order valence-electron chi connectivity index (χ3n) is 2.60. The maximum Gasteiger partial charge on any atom is 0.235 e. The lowest BCUT2D eigenvalue weighted by Gasteiger charge is -2.13. The van der Waals surface area contributed by atoms with Crippen molar-refractivity contribution in [3.05, 3.63) is 11.3 Å². The van der Waals surface area contributed by atoms with Crippen LogP contribution in [0.1, 0.15) is 6.42 Å². The normalized spacial score (nSPS) is 20.5. The molecule has 88 valence electrons. The number of nitrogens with zero attached hydrogens (tertiary/aromatic N) is 4. The van der Waals surface area contributed by atoms with Crippen LogP contribution < -0.4 is 4.90 Å². The number of amides is 1. The van der Waals surface area contributed by atoms with Crippen molar-refractivity contribution in [2.24, 2.45) is 0 Å². The molecule has 1 aliphatic heterocycles. The van der Waals surface area contributed by atoms with Gasteiger partial charge in [0, 0.05) is 0 Å². The van der Waals surface area contributed by atoms with Crippen LogP contribution in [0.2, 0.25) is 5.15 Å². The Kier molecular flexibility index (Phi) is 2.23. The number of fused-ring (bicyclic) bond motifs is 1. The predicted octanol–water partition coefficient (Wildman–Crippen LogP) is 0.104. The number of rotatable bonds is 1. The lowest BCUT2D eigenvalue weighted by atomic mass is 10.3. The van der Waals surface area contributed by atoms with E-state index in [-0.39, 0.29) is 30.0 Å². The molecule has 0 aliphatic carbocycles. The van der Waals surface area contributed by atoms with E-state index in [9.17, 15) is 9.90 Å². The van der Waals surface area contributed by atoms with E-state index in [1.54, 1.807) is 0 Å².